The van der Waals surface area contributed by atoms with Crippen molar-refractivity contribution in [3.63, 3.8) is 0 Å². The Morgan fingerprint density at radius 1 is 0.912 bits per heavy atom. The SMILES string of the molecule is CC(C)(C)c1ccc(CCC(=O)N2CCN(CC(=O)Nc3ccccc3C(F)(F)F)CC2)cc1. The molecule has 1 fully saturated rings. The summed E-state index contributed by atoms with van der Waals surface area (Å²) < 4.78 is 39.3. The number of amides is 2. The predicted octanol–water partition coefficient (Wildman–Crippen LogP) is 4.72. The van der Waals surface area contributed by atoms with E-state index in [1.165, 1.54) is 23.8 Å². The van der Waals surface area contributed by atoms with Gasteiger partial charge in [0.15, 0.2) is 0 Å². The normalized spacial score (nSPS) is 15.3. The highest BCUT2D eigenvalue weighted by Crippen LogP contribution is 2.34. The van der Waals surface area contributed by atoms with Crippen LogP contribution in [0.25, 0.3) is 0 Å². The highest BCUT2D eigenvalue weighted by molar-refractivity contribution is 5.93. The number of para-hydroxylation sites is 1. The van der Waals surface area contributed by atoms with Crippen LogP contribution >= 0.6 is 0 Å². The molecule has 0 aromatic heterocycles. The monoisotopic (exact) mass is 475 g/mol. The van der Waals surface area contributed by atoms with Gasteiger partial charge in [-0.15, -0.1) is 0 Å². The number of rotatable bonds is 6. The molecule has 0 saturated carbocycles. The summed E-state index contributed by atoms with van der Waals surface area (Å²) in [5.41, 5.74) is 1.35. The van der Waals surface area contributed by atoms with Crippen molar-refractivity contribution in [3.8, 4) is 0 Å². The molecule has 0 radical (unpaired) electrons. The first-order valence-electron chi connectivity index (χ1n) is 11.5. The lowest BCUT2D eigenvalue weighted by molar-refractivity contribution is -0.137. The molecule has 5 nitrogen and oxygen atoms in total. The number of halogens is 3. The van der Waals surface area contributed by atoms with Crippen molar-refractivity contribution in [2.45, 2.75) is 45.2 Å². The van der Waals surface area contributed by atoms with Crippen LogP contribution in [0, 0.1) is 0 Å². The summed E-state index contributed by atoms with van der Waals surface area (Å²) in [5.74, 6) is -0.432. The zero-order chi connectivity index (χ0) is 24.9. The third kappa shape index (κ3) is 7.06. The number of carbonyl (C=O) groups excluding carboxylic acids is 2. The number of piperazine rings is 1. The number of aryl methyl sites for hydroxylation is 1. The van der Waals surface area contributed by atoms with Gasteiger partial charge in [-0.05, 0) is 35.1 Å². The van der Waals surface area contributed by atoms with Crippen LogP contribution in [-0.2, 0) is 27.6 Å². The van der Waals surface area contributed by atoms with Gasteiger partial charge in [0.05, 0.1) is 17.8 Å². The average Bonchev–Trinajstić information content (AvgIpc) is 2.77. The van der Waals surface area contributed by atoms with Crippen LogP contribution in [0.2, 0.25) is 0 Å². The van der Waals surface area contributed by atoms with Crippen molar-refractivity contribution in [3.05, 3.63) is 65.2 Å². The van der Waals surface area contributed by atoms with Gasteiger partial charge in [-0.25, -0.2) is 0 Å². The van der Waals surface area contributed by atoms with Crippen molar-refractivity contribution in [1.29, 1.82) is 0 Å². The Hall–Kier alpha value is -2.87. The molecular weight excluding hydrogens is 443 g/mol. The number of anilines is 1. The Morgan fingerprint density at radius 3 is 2.12 bits per heavy atom. The maximum absolute atomic E-state index is 13.1. The fraction of sp³-hybridized carbons (Fsp3) is 0.462. The van der Waals surface area contributed by atoms with Crippen molar-refractivity contribution in [2.24, 2.45) is 0 Å². The number of alkyl halides is 3. The van der Waals surface area contributed by atoms with E-state index in [0.717, 1.165) is 11.6 Å². The molecular formula is C26H32F3N3O2. The van der Waals surface area contributed by atoms with E-state index in [1.54, 1.807) is 4.90 Å². The summed E-state index contributed by atoms with van der Waals surface area (Å²) in [5, 5.41) is 2.37. The lowest BCUT2D eigenvalue weighted by atomic mass is 9.86. The zero-order valence-corrected chi connectivity index (χ0v) is 19.9. The minimum absolute atomic E-state index is 0.0195. The van der Waals surface area contributed by atoms with Gasteiger partial charge in [0, 0.05) is 32.6 Å². The van der Waals surface area contributed by atoms with Gasteiger partial charge in [0.2, 0.25) is 11.8 Å². The predicted molar refractivity (Wildman–Crippen MR) is 127 cm³/mol. The van der Waals surface area contributed by atoms with Crippen LogP contribution in [-0.4, -0.2) is 54.3 Å². The van der Waals surface area contributed by atoms with Crippen molar-refractivity contribution >= 4 is 17.5 Å². The highest BCUT2D eigenvalue weighted by Gasteiger charge is 2.33. The molecule has 1 saturated heterocycles. The first-order valence-corrected chi connectivity index (χ1v) is 11.5. The maximum atomic E-state index is 13.1. The van der Waals surface area contributed by atoms with E-state index in [2.05, 4.69) is 50.4 Å². The fourth-order valence-electron chi connectivity index (χ4n) is 3.97. The van der Waals surface area contributed by atoms with Crippen LogP contribution < -0.4 is 5.32 Å². The molecule has 1 N–H and O–H groups in total. The summed E-state index contributed by atoms with van der Waals surface area (Å²) in [7, 11) is 0. The topological polar surface area (TPSA) is 52.7 Å². The zero-order valence-electron chi connectivity index (χ0n) is 19.9. The van der Waals surface area contributed by atoms with Crippen molar-refractivity contribution in [1.82, 2.24) is 9.80 Å². The molecule has 34 heavy (non-hydrogen) atoms. The van der Waals surface area contributed by atoms with Gasteiger partial charge in [0.25, 0.3) is 0 Å². The van der Waals surface area contributed by atoms with Crippen LogP contribution in [0.3, 0.4) is 0 Å². The molecule has 2 aromatic carbocycles. The molecule has 0 bridgehead atoms. The van der Waals surface area contributed by atoms with Crippen LogP contribution in [0.5, 0.6) is 0 Å². The summed E-state index contributed by atoms with van der Waals surface area (Å²) >= 11 is 0. The fourth-order valence-corrected chi connectivity index (χ4v) is 3.97. The molecule has 0 spiro atoms. The largest absolute Gasteiger partial charge is 0.418 e. The Bertz CT molecular complexity index is 990. The van der Waals surface area contributed by atoms with E-state index < -0.39 is 17.6 Å². The molecule has 0 unspecified atom stereocenters. The second-order valence-corrected chi connectivity index (χ2v) is 9.70. The lowest BCUT2D eigenvalue weighted by Crippen LogP contribution is -2.50. The molecule has 1 heterocycles. The number of hydrogen-bond donors (Lipinski definition) is 1. The van der Waals surface area contributed by atoms with Gasteiger partial charge in [-0.3, -0.25) is 14.5 Å². The second-order valence-electron chi connectivity index (χ2n) is 9.70. The highest BCUT2D eigenvalue weighted by atomic mass is 19.4. The molecule has 0 atom stereocenters. The molecule has 184 valence electrons. The Kier molecular flexibility index (Phi) is 8.02. The van der Waals surface area contributed by atoms with Crippen molar-refractivity contribution in [2.75, 3.05) is 38.0 Å². The third-order valence-electron chi connectivity index (χ3n) is 6.05. The van der Waals surface area contributed by atoms with Gasteiger partial charge in [0.1, 0.15) is 0 Å². The maximum Gasteiger partial charge on any atom is 0.418 e. The standard InChI is InChI=1S/C26H32F3N3O2/c1-25(2,3)20-11-8-19(9-12-20)10-13-24(34)32-16-14-31(15-17-32)18-23(33)30-22-7-5-4-6-21(22)26(27,28)29/h4-9,11-12H,10,13-18H2,1-3H3,(H,30,33). The quantitative estimate of drug-likeness (QED) is 0.658. The van der Waals surface area contributed by atoms with Gasteiger partial charge < -0.3 is 10.2 Å². The first kappa shape index (κ1) is 25.7. The van der Waals surface area contributed by atoms with Crippen molar-refractivity contribution < 1.29 is 22.8 Å². The van der Waals surface area contributed by atoms with Crippen LogP contribution in [0.15, 0.2) is 48.5 Å². The Labute approximate surface area is 198 Å². The van der Waals surface area contributed by atoms with Crippen LogP contribution in [0.1, 0.15) is 43.9 Å². The number of nitrogens with zero attached hydrogens (tertiary/aromatic N) is 2. The minimum Gasteiger partial charge on any atom is -0.340 e. The molecule has 3 rings (SSSR count). The molecule has 2 amide bonds. The number of nitrogens with one attached hydrogen (secondary N) is 1. The minimum atomic E-state index is -4.54. The van der Waals surface area contributed by atoms with E-state index in [0.29, 0.717) is 39.0 Å². The molecule has 0 aliphatic carbocycles. The van der Waals surface area contributed by atoms with E-state index in [9.17, 15) is 22.8 Å². The molecule has 2 aromatic rings. The van der Waals surface area contributed by atoms with E-state index >= 15 is 0 Å². The lowest BCUT2D eigenvalue weighted by Gasteiger charge is -2.34. The third-order valence-corrected chi connectivity index (χ3v) is 6.05. The number of carbonyl (C=O) groups is 2. The molecule has 1 aliphatic heterocycles. The second kappa shape index (κ2) is 10.6. The Balaban J connectivity index is 1.43. The molecule has 8 heteroatoms. The summed E-state index contributed by atoms with van der Waals surface area (Å²) in [6, 6.07) is 13.3. The summed E-state index contributed by atoms with van der Waals surface area (Å²) in [6.45, 7) is 8.46. The smallest absolute Gasteiger partial charge is 0.340 e. The van der Waals surface area contributed by atoms with Gasteiger partial charge in [-0.2, -0.15) is 13.2 Å². The molecule has 1 aliphatic rings. The Morgan fingerprint density at radius 2 is 1.53 bits per heavy atom. The van der Waals surface area contributed by atoms with Crippen LogP contribution in [0.4, 0.5) is 18.9 Å². The average molecular weight is 476 g/mol. The van der Waals surface area contributed by atoms with E-state index in [4.69, 9.17) is 0 Å². The van der Waals surface area contributed by atoms with Gasteiger partial charge >= 0.3 is 6.18 Å². The number of hydrogen-bond acceptors (Lipinski definition) is 3. The van der Waals surface area contributed by atoms with Gasteiger partial charge in [-0.1, -0.05) is 57.2 Å². The summed E-state index contributed by atoms with van der Waals surface area (Å²) in [4.78, 5) is 28.6. The summed E-state index contributed by atoms with van der Waals surface area (Å²) in [6.07, 6.45) is -3.45. The van der Waals surface area contributed by atoms with E-state index in [-0.39, 0.29) is 23.6 Å². The first-order chi connectivity index (χ1) is 15.9. The van der Waals surface area contributed by atoms with E-state index in [1.807, 2.05) is 4.90 Å². The number of benzene rings is 2.